The molecule has 0 fully saturated rings. The first kappa shape index (κ1) is 21.2. The van der Waals surface area contributed by atoms with Gasteiger partial charge < -0.3 is 25.6 Å². The Balaban J connectivity index is 5.06. The largest absolute Gasteiger partial charge is 0.480 e. The molecule has 4 N–H and O–H groups in total. The van der Waals surface area contributed by atoms with Crippen LogP contribution in [0.1, 0.15) is 48.0 Å². The topological polar surface area (TPSA) is 125 Å². The highest BCUT2D eigenvalue weighted by atomic mass is 16.6. The summed E-state index contributed by atoms with van der Waals surface area (Å²) in [5.74, 6) is -2.28. The van der Waals surface area contributed by atoms with Crippen LogP contribution in [0.4, 0.5) is 4.79 Å². The van der Waals surface area contributed by atoms with Gasteiger partial charge in [0.25, 0.3) is 0 Å². The molecule has 0 radical (unpaired) electrons. The molecule has 8 nitrogen and oxygen atoms in total. The third-order valence-corrected chi connectivity index (χ3v) is 3.21. The highest BCUT2D eigenvalue weighted by molar-refractivity contribution is 5.89. The lowest BCUT2D eigenvalue weighted by atomic mass is 9.98. The van der Waals surface area contributed by atoms with Gasteiger partial charge in [-0.1, -0.05) is 20.3 Å². The summed E-state index contributed by atoms with van der Waals surface area (Å²) in [6.45, 7) is 9.93. The summed E-state index contributed by atoms with van der Waals surface area (Å²) in [5.41, 5.74) is -0.718. The Labute approximate surface area is 136 Å². The number of hydrogen-bond acceptors (Lipinski definition) is 5. The second kappa shape index (κ2) is 8.71. The minimum absolute atomic E-state index is 0.244. The minimum Gasteiger partial charge on any atom is -0.480 e. The number of aliphatic carboxylic acids is 1. The van der Waals surface area contributed by atoms with Crippen molar-refractivity contribution in [2.24, 2.45) is 5.92 Å². The van der Waals surface area contributed by atoms with Crippen LogP contribution in [0.3, 0.4) is 0 Å². The van der Waals surface area contributed by atoms with E-state index in [4.69, 9.17) is 9.84 Å². The van der Waals surface area contributed by atoms with Crippen molar-refractivity contribution in [2.45, 2.75) is 71.8 Å². The monoisotopic (exact) mass is 332 g/mol. The van der Waals surface area contributed by atoms with E-state index in [1.54, 1.807) is 27.7 Å². The van der Waals surface area contributed by atoms with Crippen molar-refractivity contribution < 1.29 is 29.3 Å². The van der Waals surface area contributed by atoms with Crippen LogP contribution in [-0.4, -0.2) is 52.0 Å². The van der Waals surface area contributed by atoms with Gasteiger partial charge in [0.2, 0.25) is 5.91 Å². The van der Waals surface area contributed by atoms with E-state index >= 15 is 0 Å². The van der Waals surface area contributed by atoms with Gasteiger partial charge in [-0.2, -0.15) is 0 Å². The maximum absolute atomic E-state index is 12.3. The molecule has 8 heteroatoms. The predicted octanol–water partition coefficient (Wildman–Crippen LogP) is 0.876. The van der Waals surface area contributed by atoms with E-state index in [9.17, 15) is 19.5 Å². The summed E-state index contributed by atoms with van der Waals surface area (Å²) in [7, 11) is 0. The van der Waals surface area contributed by atoms with Gasteiger partial charge >= 0.3 is 12.1 Å². The summed E-state index contributed by atoms with van der Waals surface area (Å²) < 4.78 is 5.12. The molecule has 0 saturated heterocycles. The second-order valence-electron chi connectivity index (χ2n) is 6.57. The Morgan fingerprint density at radius 1 is 1.09 bits per heavy atom. The fraction of sp³-hybridized carbons (Fsp3) is 0.800. The van der Waals surface area contributed by atoms with Crippen molar-refractivity contribution in [1.82, 2.24) is 10.6 Å². The lowest BCUT2D eigenvalue weighted by Crippen LogP contribution is -2.57. The van der Waals surface area contributed by atoms with E-state index in [1.165, 1.54) is 6.92 Å². The molecule has 0 aromatic rings. The van der Waals surface area contributed by atoms with Gasteiger partial charge in [-0.05, 0) is 33.6 Å². The van der Waals surface area contributed by atoms with Crippen LogP contribution < -0.4 is 10.6 Å². The fourth-order valence-corrected chi connectivity index (χ4v) is 1.77. The molecule has 0 heterocycles. The normalized spacial score (nSPS) is 16.7. The summed E-state index contributed by atoms with van der Waals surface area (Å²) in [4.78, 5) is 35.2. The molecule has 0 aliphatic carbocycles. The number of nitrogens with one attached hydrogen (secondary N) is 2. The summed E-state index contributed by atoms with van der Waals surface area (Å²) in [5, 5.41) is 23.2. The molecule has 134 valence electrons. The minimum atomic E-state index is -1.45. The predicted molar refractivity (Wildman–Crippen MR) is 83.9 cm³/mol. The van der Waals surface area contributed by atoms with Crippen LogP contribution >= 0.6 is 0 Å². The maximum atomic E-state index is 12.3. The van der Waals surface area contributed by atoms with E-state index in [0.717, 1.165) is 0 Å². The molecular formula is C15H28N2O6. The van der Waals surface area contributed by atoms with Gasteiger partial charge in [0.15, 0.2) is 6.04 Å². The molecule has 0 aromatic carbocycles. The van der Waals surface area contributed by atoms with E-state index in [0.29, 0.717) is 6.42 Å². The summed E-state index contributed by atoms with van der Waals surface area (Å²) in [6, 6.07) is -2.41. The average molecular weight is 332 g/mol. The fourth-order valence-electron chi connectivity index (χ4n) is 1.77. The number of carbonyl (C=O) groups is 3. The van der Waals surface area contributed by atoms with Crippen LogP contribution in [-0.2, 0) is 14.3 Å². The highest BCUT2D eigenvalue weighted by Gasteiger charge is 2.32. The third kappa shape index (κ3) is 7.83. The second-order valence-corrected chi connectivity index (χ2v) is 6.57. The van der Waals surface area contributed by atoms with Crippen molar-refractivity contribution in [3.8, 4) is 0 Å². The Bertz CT molecular complexity index is 430. The van der Waals surface area contributed by atoms with Gasteiger partial charge in [0.1, 0.15) is 11.6 Å². The van der Waals surface area contributed by atoms with E-state index in [1.807, 2.05) is 6.92 Å². The molecular weight excluding hydrogens is 304 g/mol. The zero-order valence-electron chi connectivity index (χ0n) is 14.5. The molecule has 0 bridgehead atoms. The zero-order valence-corrected chi connectivity index (χ0v) is 14.5. The number of carboxylic acids is 1. The molecule has 0 rings (SSSR count). The van der Waals surface area contributed by atoms with Crippen molar-refractivity contribution in [3.63, 3.8) is 0 Å². The first-order valence-electron chi connectivity index (χ1n) is 7.59. The first-order valence-corrected chi connectivity index (χ1v) is 7.59. The number of carboxylic acid groups (broad SMARTS) is 1. The Morgan fingerprint density at radius 3 is 1.96 bits per heavy atom. The van der Waals surface area contributed by atoms with Crippen molar-refractivity contribution in [2.75, 3.05) is 0 Å². The number of amides is 2. The number of hydrogen-bond donors (Lipinski definition) is 4. The lowest BCUT2D eigenvalue weighted by molar-refractivity contribution is -0.145. The van der Waals surface area contributed by atoms with Gasteiger partial charge in [-0.25, -0.2) is 9.59 Å². The molecule has 0 aromatic heterocycles. The maximum Gasteiger partial charge on any atom is 0.408 e. The van der Waals surface area contributed by atoms with Gasteiger partial charge in [0.05, 0.1) is 6.10 Å². The highest BCUT2D eigenvalue weighted by Crippen LogP contribution is 2.12. The lowest BCUT2D eigenvalue weighted by Gasteiger charge is -2.27. The molecule has 0 spiro atoms. The van der Waals surface area contributed by atoms with E-state index in [2.05, 4.69) is 10.6 Å². The molecule has 0 aliphatic rings. The van der Waals surface area contributed by atoms with Crippen molar-refractivity contribution in [1.29, 1.82) is 0 Å². The van der Waals surface area contributed by atoms with E-state index in [-0.39, 0.29) is 5.92 Å². The number of ether oxygens (including phenoxy) is 1. The molecule has 4 atom stereocenters. The standard InChI is InChI=1S/C15H28N2O6/c1-7-8(2)10(17-14(22)23-15(4,5)6)12(19)16-11(9(3)18)13(20)21/h8-11,18H,7H2,1-6H3,(H,16,19)(H,17,22)(H,20,21)/t8-,9-,10-,11-/m0/s1. The quantitative estimate of drug-likeness (QED) is 0.548. The van der Waals surface area contributed by atoms with Crippen LogP contribution in [0.25, 0.3) is 0 Å². The average Bonchev–Trinajstić information content (AvgIpc) is 2.38. The zero-order chi connectivity index (χ0) is 18.4. The van der Waals surface area contributed by atoms with E-state index < -0.39 is 41.8 Å². The van der Waals surface area contributed by atoms with Crippen LogP contribution in [0.2, 0.25) is 0 Å². The van der Waals surface area contributed by atoms with Crippen molar-refractivity contribution in [3.05, 3.63) is 0 Å². The third-order valence-electron chi connectivity index (χ3n) is 3.21. The number of rotatable bonds is 7. The number of carbonyl (C=O) groups excluding carboxylic acids is 2. The molecule has 0 aliphatic heterocycles. The molecule has 0 unspecified atom stereocenters. The molecule has 23 heavy (non-hydrogen) atoms. The SMILES string of the molecule is CC[C@H](C)[C@H](NC(=O)OC(C)(C)C)C(=O)N[C@H](C(=O)O)[C@H](C)O. The number of aliphatic hydroxyl groups excluding tert-OH is 1. The van der Waals surface area contributed by atoms with Crippen LogP contribution in [0, 0.1) is 5.92 Å². The Kier molecular flexibility index (Phi) is 8.02. The van der Waals surface area contributed by atoms with Gasteiger partial charge in [-0.15, -0.1) is 0 Å². The Hall–Kier alpha value is -1.83. The Morgan fingerprint density at radius 2 is 1.61 bits per heavy atom. The van der Waals surface area contributed by atoms with Crippen LogP contribution in [0.5, 0.6) is 0 Å². The van der Waals surface area contributed by atoms with Crippen molar-refractivity contribution >= 4 is 18.0 Å². The smallest absolute Gasteiger partial charge is 0.408 e. The van der Waals surface area contributed by atoms with Crippen LogP contribution in [0.15, 0.2) is 0 Å². The van der Waals surface area contributed by atoms with Gasteiger partial charge in [-0.3, -0.25) is 4.79 Å². The number of aliphatic hydroxyl groups is 1. The summed E-state index contributed by atoms with van der Waals surface area (Å²) in [6.07, 6.45) is -1.45. The van der Waals surface area contributed by atoms with Gasteiger partial charge in [0, 0.05) is 0 Å². The first-order chi connectivity index (χ1) is 10.4. The molecule has 2 amide bonds. The molecule has 0 saturated carbocycles. The summed E-state index contributed by atoms with van der Waals surface area (Å²) >= 11 is 0. The number of alkyl carbamates (subject to hydrolysis) is 1.